The van der Waals surface area contributed by atoms with Gasteiger partial charge < -0.3 is 10.0 Å². The van der Waals surface area contributed by atoms with E-state index in [0.29, 0.717) is 13.0 Å². The maximum Gasteiger partial charge on any atom is 0.335 e. The Kier molecular flexibility index (Phi) is 4.88. The van der Waals surface area contributed by atoms with Crippen LogP contribution >= 0.6 is 0 Å². The molecule has 0 atom stereocenters. The average molecular weight is 298 g/mol. The van der Waals surface area contributed by atoms with Crippen molar-refractivity contribution < 1.29 is 14.7 Å². The zero-order valence-electron chi connectivity index (χ0n) is 12.6. The number of aromatic carboxylic acids is 1. The highest BCUT2D eigenvalue weighted by molar-refractivity contribution is 5.87. The smallest absolute Gasteiger partial charge is 0.335 e. The van der Waals surface area contributed by atoms with Crippen LogP contribution in [0.5, 0.6) is 0 Å². The summed E-state index contributed by atoms with van der Waals surface area (Å²) in [5.41, 5.74) is 2.93. The Hall–Kier alpha value is -2.69. The minimum Gasteiger partial charge on any atom is -0.478 e. The van der Waals surface area contributed by atoms with Crippen LogP contribution in [0.1, 0.15) is 27.2 Å². The Balaban J connectivity index is 1.95. The highest BCUT2D eigenvalue weighted by Gasteiger charge is 2.11. The van der Waals surface area contributed by atoms with Crippen molar-refractivity contribution in [1.82, 2.24) is 9.88 Å². The first kappa shape index (κ1) is 15.7. The number of carboxylic acids is 1. The monoisotopic (exact) mass is 298 g/mol. The molecule has 22 heavy (non-hydrogen) atoms. The Bertz CT molecular complexity index is 663. The average Bonchev–Trinajstić information content (AvgIpc) is 2.50. The summed E-state index contributed by atoms with van der Waals surface area (Å²) in [6.07, 6.45) is 2.01. The molecule has 2 rings (SSSR count). The molecule has 0 aliphatic heterocycles. The van der Waals surface area contributed by atoms with Gasteiger partial charge in [-0.05, 0) is 36.2 Å². The van der Waals surface area contributed by atoms with Gasteiger partial charge in [0.05, 0.1) is 12.0 Å². The number of pyridine rings is 1. The fourth-order valence-corrected chi connectivity index (χ4v) is 2.03. The Morgan fingerprint density at radius 3 is 2.27 bits per heavy atom. The number of nitrogens with zero attached hydrogens (tertiary/aromatic N) is 2. The predicted molar refractivity (Wildman–Crippen MR) is 82.6 cm³/mol. The molecule has 2 aromatic rings. The lowest BCUT2D eigenvalue weighted by molar-refractivity contribution is -0.129. The third-order valence-corrected chi connectivity index (χ3v) is 3.37. The van der Waals surface area contributed by atoms with Gasteiger partial charge in [0.25, 0.3) is 0 Å². The zero-order chi connectivity index (χ0) is 16.1. The molecule has 1 amide bonds. The maximum atomic E-state index is 12.2. The van der Waals surface area contributed by atoms with Crippen LogP contribution in [0.3, 0.4) is 0 Å². The summed E-state index contributed by atoms with van der Waals surface area (Å²) in [6.45, 7) is 2.34. The Morgan fingerprint density at radius 1 is 1.09 bits per heavy atom. The normalized spacial score (nSPS) is 10.3. The first-order valence-electron chi connectivity index (χ1n) is 6.93. The van der Waals surface area contributed by atoms with Gasteiger partial charge in [-0.25, -0.2) is 4.79 Å². The second-order valence-corrected chi connectivity index (χ2v) is 5.24. The molecule has 0 radical (unpaired) electrons. The van der Waals surface area contributed by atoms with Gasteiger partial charge in [-0.2, -0.15) is 0 Å². The molecule has 114 valence electrons. The second kappa shape index (κ2) is 6.85. The number of carbonyl (C=O) groups excluding carboxylic acids is 1. The lowest BCUT2D eigenvalue weighted by Gasteiger charge is -2.17. The molecular formula is C17H18N2O3. The van der Waals surface area contributed by atoms with E-state index in [1.54, 1.807) is 42.4 Å². The first-order valence-corrected chi connectivity index (χ1v) is 6.93. The van der Waals surface area contributed by atoms with E-state index in [1.807, 2.05) is 19.1 Å². The van der Waals surface area contributed by atoms with Gasteiger partial charge >= 0.3 is 5.97 Å². The highest BCUT2D eigenvalue weighted by atomic mass is 16.4. The summed E-state index contributed by atoms with van der Waals surface area (Å²) >= 11 is 0. The first-order chi connectivity index (χ1) is 10.5. The van der Waals surface area contributed by atoms with E-state index in [-0.39, 0.29) is 11.5 Å². The Labute approximate surface area is 129 Å². The number of carboxylic acid groups (broad SMARTS) is 1. The van der Waals surface area contributed by atoms with Crippen LogP contribution in [0.2, 0.25) is 0 Å². The molecule has 1 N–H and O–H groups in total. The number of benzene rings is 1. The lowest BCUT2D eigenvalue weighted by Crippen LogP contribution is -2.27. The van der Waals surface area contributed by atoms with Crippen molar-refractivity contribution in [3.8, 4) is 0 Å². The van der Waals surface area contributed by atoms with Gasteiger partial charge in [0.15, 0.2) is 0 Å². The van der Waals surface area contributed by atoms with Crippen LogP contribution in [0, 0.1) is 6.92 Å². The molecule has 1 aromatic carbocycles. The van der Waals surface area contributed by atoms with Crippen molar-refractivity contribution in [2.75, 3.05) is 7.05 Å². The quantitative estimate of drug-likeness (QED) is 0.919. The molecule has 0 fully saturated rings. The fraction of sp³-hybridized carbons (Fsp3) is 0.235. The summed E-state index contributed by atoms with van der Waals surface area (Å²) in [7, 11) is 1.73. The largest absolute Gasteiger partial charge is 0.478 e. The molecule has 0 spiro atoms. The number of rotatable bonds is 5. The van der Waals surface area contributed by atoms with Crippen LogP contribution in [0.4, 0.5) is 0 Å². The number of aryl methyl sites for hydroxylation is 1. The van der Waals surface area contributed by atoms with Crippen molar-refractivity contribution >= 4 is 11.9 Å². The van der Waals surface area contributed by atoms with Crippen LogP contribution in [0.15, 0.2) is 42.6 Å². The SMILES string of the molecule is Cc1ccc(CC(=O)N(C)Cc2ccc(C(=O)O)cc2)cn1. The van der Waals surface area contributed by atoms with Crippen molar-refractivity contribution in [1.29, 1.82) is 0 Å². The molecular weight excluding hydrogens is 280 g/mol. The van der Waals surface area contributed by atoms with Gasteiger partial charge in [0.2, 0.25) is 5.91 Å². The predicted octanol–water partition coefficient (Wildman–Crippen LogP) is 2.29. The number of aromatic nitrogens is 1. The van der Waals surface area contributed by atoms with E-state index >= 15 is 0 Å². The minimum atomic E-state index is -0.956. The molecule has 0 aliphatic rings. The van der Waals surface area contributed by atoms with Crippen molar-refractivity contribution in [3.05, 3.63) is 65.0 Å². The van der Waals surface area contributed by atoms with Crippen LogP contribution in [0.25, 0.3) is 0 Å². The number of hydrogen-bond acceptors (Lipinski definition) is 3. The minimum absolute atomic E-state index is 0.00651. The van der Waals surface area contributed by atoms with Crippen molar-refractivity contribution in [2.24, 2.45) is 0 Å². The second-order valence-electron chi connectivity index (χ2n) is 5.24. The van der Waals surface area contributed by atoms with Crippen molar-refractivity contribution in [2.45, 2.75) is 19.9 Å². The summed E-state index contributed by atoms with van der Waals surface area (Å²) in [6, 6.07) is 10.3. The third-order valence-electron chi connectivity index (χ3n) is 3.37. The Morgan fingerprint density at radius 2 is 1.73 bits per heavy atom. The molecule has 0 unspecified atom stereocenters. The highest BCUT2D eigenvalue weighted by Crippen LogP contribution is 2.09. The van der Waals surface area contributed by atoms with E-state index < -0.39 is 5.97 Å². The summed E-state index contributed by atoms with van der Waals surface area (Å²) in [5, 5.41) is 8.86. The molecule has 1 heterocycles. The van der Waals surface area contributed by atoms with E-state index in [2.05, 4.69) is 4.98 Å². The standard InChI is InChI=1S/C17H18N2O3/c1-12-3-4-14(10-18-12)9-16(20)19(2)11-13-5-7-15(8-6-13)17(21)22/h3-8,10H,9,11H2,1-2H3,(H,21,22). The van der Waals surface area contributed by atoms with Gasteiger partial charge in [0, 0.05) is 25.5 Å². The molecule has 0 saturated carbocycles. The molecule has 0 aliphatic carbocycles. The zero-order valence-corrected chi connectivity index (χ0v) is 12.6. The third kappa shape index (κ3) is 4.15. The van der Waals surface area contributed by atoms with Crippen LogP contribution in [-0.2, 0) is 17.8 Å². The van der Waals surface area contributed by atoms with Gasteiger partial charge in [0.1, 0.15) is 0 Å². The van der Waals surface area contributed by atoms with Gasteiger partial charge in [-0.3, -0.25) is 9.78 Å². The number of amides is 1. The fourth-order valence-electron chi connectivity index (χ4n) is 2.03. The lowest BCUT2D eigenvalue weighted by atomic mass is 10.1. The van der Waals surface area contributed by atoms with E-state index in [9.17, 15) is 9.59 Å². The van der Waals surface area contributed by atoms with Crippen LogP contribution in [-0.4, -0.2) is 33.9 Å². The number of carbonyl (C=O) groups is 2. The van der Waals surface area contributed by atoms with E-state index in [0.717, 1.165) is 16.8 Å². The van der Waals surface area contributed by atoms with Crippen molar-refractivity contribution in [3.63, 3.8) is 0 Å². The van der Waals surface area contributed by atoms with Gasteiger partial charge in [-0.15, -0.1) is 0 Å². The summed E-state index contributed by atoms with van der Waals surface area (Å²) < 4.78 is 0. The molecule has 1 aromatic heterocycles. The number of hydrogen-bond donors (Lipinski definition) is 1. The number of likely N-dealkylation sites (N-methyl/N-ethyl adjacent to an activating group) is 1. The van der Waals surface area contributed by atoms with Crippen LogP contribution < -0.4 is 0 Å². The molecule has 0 bridgehead atoms. The molecule has 5 heteroatoms. The summed E-state index contributed by atoms with van der Waals surface area (Å²) in [5.74, 6) is -0.962. The summed E-state index contributed by atoms with van der Waals surface area (Å²) in [4.78, 5) is 28.8. The van der Waals surface area contributed by atoms with E-state index in [1.165, 1.54) is 0 Å². The topological polar surface area (TPSA) is 70.5 Å². The maximum absolute atomic E-state index is 12.2. The molecule has 0 saturated heterocycles. The molecule has 5 nitrogen and oxygen atoms in total. The van der Waals surface area contributed by atoms with E-state index in [4.69, 9.17) is 5.11 Å². The van der Waals surface area contributed by atoms with Gasteiger partial charge in [-0.1, -0.05) is 18.2 Å².